The predicted molar refractivity (Wildman–Crippen MR) is 85.4 cm³/mol. The van der Waals surface area contributed by atoms with E-state index in [4.69, 9.17) is 10.00 Å². The molecule has 0 spiro atoms. The number of ether oxygens (including phenoxy) is 1. The normalized spacial score (nSPS) is 15.2. The fourth-order valence-electron chi connectivity index (χ4n) is 2.69. The lowest BCUT2D eigenvalue weighted by Crippen LogP contribution is -2.33. The van der Waals surface area contributed by atoms with Gasteiger partial charge < -0.3 is 4.74 Å². The maximum Gasteiger partial charge on any atom is 0.280 e. The SMILES string of the molecule is Cc1cc(C2=NC(C)(C)Oc3c2ccc(C#N)c3F)cnc1C(F)F. The van der Waals surface area contributed by atoms with E-state index in [1.165, 1.54) is 31.3 Å². The minimum atomic E-state index is -2.68. The molecule has 25 heavy (non-hydrogen) atoms. The van der Waals surface area contributed by atoms with Gasteiger partial charge >= 0.3 is 0 Å². The van der Waals surface area contributed by atoms with Crippen molar-refractivity contribution in [3.05, 3.63) is 58.2 Å². The van der Waals surface area contributed by atoms with Gasteiger partial charge in [-0.25, -0.2) is 18.2 Å². The van der Waals surface area contributed by atoms with Gasteiger partial charge in [0.25, 0.3) is 6.43 Å². The first-order valence-corrected chi connectivity index (χ1v) is 7.50. The molecule has 0 fully saturated rings. The molecule has 2 heterocycles. The Morgan fingerprint density at radius 1 is 1.28 bits per heavy atom. The van der Waals surface area contributed by atoms with E-state index in [1.807, 2.05) is 0 Å². The fourth-order valence-corrected chi connectivity index (χ4v) is 2.69. The van der Waals surface area contributed by atoms with E-state index in [9.17, 15) is 13.2 Å². The van der Waals surface area contributed by atoms with Crippen molar-refractivity contribution in [1.82, 2.24) is 4.98 Å². The van der Waals surface area contributed by atoms with Crippen molar-refractivity contribution in [2.75, 3.05) is 0 Å². The number of fused-ring (bicyclic) bond motifs is 1. The highest BCUT2D eigenvalue weighted by atomic mass is 19.3. The molecule has 0 atom stereocenters. The van der Waals surface area contributed by atoms with Crippen LogP contribution in [0, 0.1) is 24.1 Å². The second-order valence-electron chi connectivity index (χ2n) is 6.15. The van der Waals surface area contributed by atoms with Crippen LogP contribution in [0.15, 0.2) is 29.4 Å². The molecule has 1 aliphatic heterocycles. The first-order chi connectivity index (χ1) is 11.7. The fraction of sp³-hybridized carbons (Fsp3) is 0.278. The quantitative estimate of drug-likeness (QED) is 0.815. The number of benzene rings is 1. The maximum absolute atomic E-state index is 14.5. The van der Waals surface area contributed by atoms with Crippen LogP contribution in [0.2, 0.25) is 0 Å². The van der Waals surface area contributed by atoms with Gasteiger partial charge in [0.2, 0.25) is 0 Å². The predicted octanol–water partition coefficient (Wildman–Crippen LogP) is 4.30. The number of aryl methyl sites for hydroxylation is 1. The van der Waals surface area contributed by atoms with Crippen molar-refractivity contribution >= 4 is 5.71 Å². The number of nitrogens with zero attached hydrogens (tertiary/aromatic N) is 3. The lowest BCUT2D eigenvalue weighted by molar-refractivity contribution is 0.109. The van der Waals surface area contributed by atoms with E-state index in [2.05, 4.69) is 9.98 Å². The van der Waals surface area contributed by atoms with Gasteiger partial charge in [-0.3, -0.25) is 4.98 Å². The van der Waals surface area contributed by atoms with Crippen LogP contribution in [0.1, 0.15) is 48.2 Å². The topological polar surface area (TPSA) is 58.3 Å². The monoisotopic (exact) mass is 345 g/mol. The van der Waals surface area contributed by atoms with Gasteiger partial charge in [0.05, 0.1) is 11.3 Å². The lowest BCUT2D eigenvalue weighted by Gasteiger charge is -2.30. The molecule has 128 valence electrons. The van der Waals surface area contributed by atoms with Gasteiger partial charge in [0.1, 0.15) is 11.8 Å². The van der Waals surface area contributed by atoms with Crippen LogP contribution in [-0.2, 0) is 0 Å². The summed E-state index contributed by atoms with van der Waals surface area (Å²) in [6, 6.07) is 6.16. The standard InChI is InChI=1S/C18H14F3N3O/c1-9-6-11(8-23-14(9)17(20)21)15-12-5-4-10(7-22)13(19)16(12)25-18(2,3)24-15/h4-6,8,17H,1-3H3. The summed E-state index contributed by atoms with van der Waals surface area (Å²) in [4.78, 5) is 8.27. The second kappa shape index (κ2) is 5.88. The van der Waals surface area contributed by atoms with Crippen molar-refractivity contribution in [3.8, 4) is 11.8 Å². The van der Waals surface area contributed by atoms with Gasteiger partial charge in [0.15, 0.2) is 17.3 Å². The Morgan fingerprint density at radius 2 is 2.00 bits per heavy atom. The molecule has 0 bridgehead atoms. The number of rotatable bonds is 2. The Labute approximate surface area is 142 Å². The van der Waals surface area contributed by atoms with E-state index in [-0.39, 0.29) is 17.0 Å². The minimum Gasteiger partial charge on any atom is -0.463 e. The third kappa shape index (κ3) is 2.95. The number of hydrogen-bond acceptors (Lipinski definition) is 4. The summed E-state index contributed by atoms with van der Waals surface area (Å²) < 4.78 is 45.9. The lowest BCUT2D eigenvalue weighted by atomic mass is 9.97. The smallest absolute Gasteiger partial charge is 0.280 e. The molecule has 0 aliphatic carbocycles. The summed E-state index contributed by atoms with van der Waals surface area (Å²) in [6.07, 6.45) is -1.39. The van der Waals surface area contributed by atoms with E-state index >= 15 is 0 Å². The molecule has 1 aliphatic rings. The van der Waals surface area contributed by atoms with E-state index in [0.717, 1.165) is 0 Å². The first kappa shape index (κ1) is 17.0. The van der Waals surface area contributed by atoms with Crippen molar-refractivity contribution in [1.29, 1.82) is 5.26 Å². The van der Waals surface area contributed by atoms with Crippen molar-refractivity contribution < 1.29 is 17.9 Å². The van der Waals surface area contributed by atoms with Crippen molar-refractivity contribution in [3.63, 3.8) is 0 Å². The second-order valence-corrected chi connectivity index (χ2v) is 6.15. The Balaban J connectivity index is 2.20. The molecule has 3 rings (SSSR count). The number of hydrogen-bond donors (Lipinski definition) is 0. The summed E-state index contributed by atoms with van der Waals surface area (Å²) in [5.41, 5.74) is -0.00116. The maximum atomic E-state index is 14.5. The third-order valence-corrected chi connectivity index (χ3v) is 3.80. The molecule has 0 saturated carbocycles. The number of nitriles is 1. The Morgan fingerprint density at radius 3 is 2.60 bits per heavy atom. The summed E-state index contributed by atoms with van der Waals surface area (Å²) in [6.45, 7) is 4.81. The van der Waals surface area contributed by atoms with Crippen molar-refractivity contribution in [2.24, 2.45) is 4.99 Å². The zero-order valence-corrected chi connectivity index (χ0v) is 13.8. The average Bonchev–Trinajstić information content (AvgIpc) is 2.54. The molecule has 1 aromatic carbocycles. The first-order valence-electron chi connectivity index (χ1n) is 7.50. The van der Waals surface area contributed by atoms with E-state index in [1.54, 1.807) is 19.9 Å². The third-order valence-electron chi connectivity index (χ3n) is 3.80. The van der Waals surface area contributed by atoms with Gasteiger partial charge in [-0.1, -0.05) is 0 Å². The highest BCUT2D eigenvalue weighted by molar-refractivity contribution is 6.15. The van der Waals surface area contributed by atoms with Crippen LogP contribution in [0.4, 0.5) is 13.2 Å². The molecule has 0 saturated heterocycles. The Kier molecular flexibility index (Phi) is 3.99. The molecule has 4 nitrogen and oxygen atoms in total. The largest absolute Gasteiger partial charge is 0.463 e. The molecule has 0 amide bonds. The summed E-state index contributed by atoms with van der Waals surface area (Å²) in [7, 11) is 0. The zero-order chi connectivity index (χ0) is 18.4. The average molecular weight is 345 g/mol. The van der Waals surface area contributed by atoms with Crippen LogP contribution in [0.25, 0.3) is 0 Å². The molecule has 0 N–H and O–H groups in total. The van der Waals surface area contributed by atoms with E-state index < -0.39 is 18.0 Å². The molecule has 1 aromatic heterocycles. The number of aliphatic imine (C=N–C) groups is 1. The zero-order valence-electron chi connectivity index (χ0n) is 13.8. The Bertz CT molecular complexity index is 930. The van der Waals surface area contributed by atoms with Gasteiger partial charge in [-0.2, -0.15) is 5.26 Å². The molecule has 7 heteroatoms. The van der Waals surface area contributed by atoms with Gasteiger partial charge in [-0.15, -0.1) is 0 Å². The highest BCUT2D eigenvalue weighted by Crippen LogP contribution is 2.36. The molecule has 0 radical (unpaired) electrons. The van der Waals surface area contributed by atoms with E-state index in [0.29, 0.717) is 22.4 Å². The van der Waals surface area contributed by atoms with Crippen molar-refractivity contribution in [2.45, 2.75) is 32.9 Å². The van der Waals surface area contributed by atoms with Gasteiger partial charge in [-0.05, 0) is 44.5 Å². The molecule has 2 aromatic rings. The highest BCUT2D eigenvalue weighted by Gasteiger charge is 2.32. The minimum absolute atomic E-state index is 0.0790. The van der Waals surface area contributed by atoms with Crippen LogP contribution >= 0.6 is 0 Å². The van der Waals surface area contributed by atoms with Crippen LogP contribution < -0.4 is 4.74 Å². The van der Waals surface area contributed by atoms with Crippen LogP contribution in [-0.4, -0.2) is 16.4 Å². The molecular weight excluding hydrogens is 331 g/mol. The van der Waals surface area contributed by atoms with Crippen LogP contribution in [0.3, 0.4) is 0 Å². The summed E-state index contributed by atoms with van der Waals surface area (Å²) in [5.74, 6) is -0.848. The molecule has 0 unspecified atom stereocenters. The number of alkyl halides is 2. The summed E-state index contributed by atoms with van der Waals surface area (Å²) >= 11 is 0. The number of aromatic nitrogens is 1. The van der Waals surface area contributed by atoms with Gasteiger partial charge in [0, 0.05) is 17.3 Å². The van der Waals surface area contributed by atoms with Crippen LogP contribution in [0.5, 0.6) is 5.75 Å². The number of halogens is 3. The number of pyridine rings is 1. The summed E-state index contributed by atoms with van der Waals surface area (Å²) in [5, 5.41) is 9.00. The molecular formula is C18H14F3N3O. The Hall–Kier alpha value is -2.88.